The van der Waals surface area contributed by atoms with Gasteiger partial charge in [0.25, 0.3) is 0 Å². The Kier molecular flexibility index (Phi) is 5.51. The van der Waals surface area contributed by atoms with Crippen LogP contribution in [0.5, 0.6) is 0 Å². The topological polar surface area (TPSA) is 17.1 Å². The van der Waals surface area contributed by atoms with Crippen LogP contribution in [0.25, 0.3) is 0 Å². The maximum Gasteiger partial charge on any atom is 0.154 e. The van der Waals surface area contributed by atoms with E-state index in [1.165, 1.54) is 5.56 Å². The van der Waals surface area contributed by atoms with E-state index in [-0.39, 0.29) is 5.66 Å². The van der Waals surface area contributed by atoms with E-state index in [0.29, 0.717) is 0 Å². The van der Waals surface area contributed by atoms with Gasteiger partial charge in [0.1, 0.15) is 0 Å². The second-order valence-electron chi connectivity index (χ2n) is 7.44. The number of hydrogen-bond donors (Lipinski definition) is 0. The third-order valence-electron chi connectivity index (χ3n) is 5.67. The first kappa shape index (κ1) is 19.4. The number of hydrogen-bond acceptors (Lipinski definition) is 1. The van der Waals surface area contributed by atoms with Crippen molar-refractivity contribution < 1.29 is 4.57 Å². The lowest BCUT2D eigenvalue weighted by Gasteiger charge is -2.31. The molecule has 0 aliphatic carbocycles. The van der Waals surface area contributed by atoms with Gasteiger partial charge in [-0.3, -0.25) is 0 Å². The van der Waals surface area contributed by atoms with Gasteiger partial charge in [0.2, 0.25) is 0 Å². The smallest absolute Gasteiger partial charge is 0.154 e. The Labute approximate surface area is 173 Å². The first-order valence-corrected chi connectivity index (χ1v) is 11.7. The molecule has 4 rings (SSSR count). The summed E-state index contributed by atoms with van der Waals surface area (Å²) in [5.74, 6) is 0. The Hall–Kier alpha value is -2.89. The summed E-state index contributed by atoms with van der Waals surface area (Å²) in [5, 5.41) is 1.84. The summed E-state index contributed by atoms with van der Waals surface area (Å²) in [4.78, 5) is 0. The summed E-state index contributed by atoms with van der Waals surface area (Å²) >= 11 is 0. The SMILES string of the molecule is Cc1cccc(P(=O)(c2ccccc2)C(c2ccccc2)c2ccccc2)c1C. The van der Waals surface area contributed by atoms with Gasteiger partial charge in [0.05, 0.1) is 5.66 Å². The zero-order valence-electron chi connectivity index (χ0n) is 16.8. The van der Waals surface area contributed by atoms with E-state index in [0.717, 1.165) is 27.3 Å². The lowest BCUT2D eigenvalue weighted by Crippen LogP contribution is -2.24. The minimum atomic E-state index is -3.04. The molecule has 1 atom stereocenters. The Morgan fingerprint density at radius 1 is 0.586 bits per heavy atom. The molecule has 0 aliphatic heterocycles. The first-order valence-electron chi connectivity index (χ1n) is 9.94. The van der Waals surface area contributed by atoms with Crippen LogP contribution in [0.2, 0.25) is 0 Å². The third kappa shape index (κ3) is 3.59. The van der Waals surface area contributed by atoms with E-state index < -0.39 is 7.14 Å². The maximum atomic E-state index is 15.3. The zero-order valence-corrected chi connectivity index (χ0v) is 17.7. The third-order valence-corrected chi connectivity index (χ3v) is 9.26. The predicted octanol–water partition coefficient (Wildman–Crippen LogP) is 6.41. The van der Waals surface area contributed by atoms with Gasteiger partial charge in [-0.15, -0.1) is 0 Å². The summed E-state index contributed by atoms with van der Waals surface area (Å²) in [6.07, 6.45) is 0. The molecule has 0 heterocycles. The number of rotatable bonds is 5. The van der Waals surface area contributed by atoms with Crippen LogP contribution in [0, 0.1) is 13.8 Å². The van der Waals surface area contributed by atoms with Gasteiger partial charge in [-0.2, -0.15) is 0 Å². The van der Waals surface area contributed by atoms with Gasteiger partial charge in [-0.05, 0) is 36.1 Å². The molecule has 4 aromatic carbocycles. The average Bonchev–Trinajstić information content (AvgIpc) is 2.78. The fraction of sp³-hybridized carbons (Fsp3) is 0.111. The number of aryl methyl sites for hydroxylation is 1. The van der Waals surface area contributed by atoms with Crippen LogP contribution in [0.3, 0.4) is 0 Å². The van der Waals surface area contributed by atoms with Gasteiger partial charge >= 0.3 is 0 Å². The highest BCUT2D eigenvalue weighted by Crippen LogP contribution is 2.60. The molecule has 0 bridgehead atoms. The van der Waals surface area contributed by atoms with Crippen LogP contribution >= 0.6 is 7.14 Å². The van der Waals surface area contributed by atoms with Crippen LogP contribution < -0.4 is 10.6 Å². The second kappa shape index (κ2) is 8.23. The Bertz CT molecular complexity index is 1100. The normalized spacial score (nSPS) is 13.2. The zero-order chi connectivity index (χ0) is 20.3. The van der Waals surface area contributed by atoms with Crippen LogP contribution in [0.15, 0.2) is 109 Å². The summed E-state index contributed by atoms with van der Waals surface area (Å²) in [5.41, 5.74) is 4.18. The van der Waals surface area contributed by atoms with Crippen molar-refractivity contribution in [2.24, 2.45) is 0 Å². The largest absolute Gasteiger partial charge is 0.313 e. The van der Waals surface area contributed by atoms with Crippen molar-refractivity contribution in [3.05, 3.63) is 131 Å². The van der Waals surface area contributed by atoms with Crippen molar-refractivity contribution in [2.75, 3.05) is 0 Å². The molecule has 0 aromatic heterocycles. The van der Waals surface area contributed by atoms with Crippen molar-refractivity contribution in [2.45, 2.75) is 19.5 Å². The van der Waals surface area contributed by atoms with Gasteiger partial charge in [-0.1, -0.05) is 109 Å². The van der Waals surface area contributed by atoms with Gasteiger partial charge in [0, 0.05) is 10.6 Å². The van der Waals surface area contributed by atoms with E-state index in [4.69, 9.17) is 0 Å². The minimum absolute atomic E-state index is 0.243. The maximum absolute atomic E-state index is 15.3. The highest BCUT2D eigenvalue weighted by Gasteiger charge is 2.39. The molecule has 0 N–H and O–H groups in total. The Morgan fingerprint density at radius 2 is 1.07 bits per heavy atom. The molecule has 0 fully saturated rings. The fourth-order valence-corrected chi connectivity index (χ4v) is 7.69. The predicted molar refractivity (Wildman–Crippen MR) is 124 cm³/mol. The second-order valence-corrected chi connectivity index (χ2v) is 10.3. The van der Waals surface area contributed by atoms with Crippen LogP contribution in [-0.2, 0) is 4.57 Å². The highest BCUT2D eigenvalue weighted by molar-refractivity contribution is 7.79. The molecular formula is C27H25OP. The van der Waals surface area contributed by atoms with Crippen LogP contribution in [-0.4, -0.2) is 0 Å². The van der Waals surface area contributed by atoms with E-state index >= 15 is 4.57 Å². The van der Waals surface area contributed by atoms with Crippen molar-refractivity contribution >= 4 is 17.8 Å². The van der Waals surface area contributed by atoms with Crippen molar-refractivity contribution in [3.63, 3.8) is 0 Å². The summed E-state index contributed by atoms with van der Waals surface area (Å²) < 4.78 is 15.3. The lowest BCUT2D eigenvalue weighted by molar-refractivity contribution is 0.582. The molecule has 0 spiro atoms. The minimum Gasteiger partial charge on any atom is -0.313 e. The molecule has 2 heteroatoms. The van der Waals surface area contributed by atoms with E-state index in [1.807, 2.05) is 72.8 Å². The van der Waals surface area contributed by atoms with Crippen molar-refractivity contribution in [1.29, 1.82) is 0 Å². The highest BCUT2D eigenvalue weighted by atomic mass is 31.2. The van der Waals surface area contributed by atoms with Gasteiger partial charge in [-0.25, -0.2) is 0 Å². The quantitative estimate of drug-likeness (QED) is 0.356. The van der Waals surface area contributed by atoms with E-state index in [1.54, 1.807) is 0 Å². The molecule has 0 aliphatic rings. The Balaban J connectivity index is 2.08. The fourth-order valence-electron chi connectivity index (χ4n) is 4.06. The summed E-state index contributed by atoms with van der Waals surface area (Å²) in [6, 6.07) is 36.7. The first-order chi connectivity index (χ1) is 14.1. The summed E-state index contributed by atoms with van der Waals surface area (Å²) in [7, 11) is -3.04. The van der Waals surface area contributed by atoms with Gasteiger partial charge < -0.3 is 4.57 Å². The monoisotopic (exact) mass is 396 g/mol. The molecule has 0 amide bonds. The standard InChI is InChI=1S/C27H25OP/c1-21-13-12-20-26(22(21)2)29(28,25-18-10-5-11-19-25)27(23-14-6-3-7-15-23)24-16-8-4-9-17-24/h3-20,27H,1-2H3. The molecule has 0 saturated heterocycles. The number of benzene rings is 4. The average molecular weight is 396 g/mol. The molecule has 1 nitrogen and oxygen atoms in total. The van der Waals surface area contributed by atoms with Gasteiger partial charge in [0.15, 0.2) is 7.14 Å². The van der Waals surface area contributed by atoms with E-state index in [2.05, 4.69) is 50.2 Å². The molecule has 29 heavy (non-hydrogen) atoms. The molecule has 144 valence electrons. The lowest BCUT2D eigenvalue weighted by atomic mass is 10.0. The van der Waals surface area contributed by atoms with E-state index in [9.17, 15) is 0 Å². The van der Waals surface area contributed by atoms with Crippen LogP contribution in [0.4, 0.5) is 0 Å². The Morgan fingerprint density at radius 3 is 1.59 bits per heavy atom. The molecule has 1 unspecified atom stereocenters. The summed E-state index contributed by atoms with van der Waals surface area (Å²) in [6.45, 7) is 4.18. The molecular weight excluding hydrogens is 371 g/mol. The van der Waals surface area contributed by atoms with Crippen molar-refractivity contribution in [1.82, 2.24) is 0 Å². The van der Waals surface area contributed by atoms with Crippen LogP contribution in [0.1, 0.15) is 27.9 Å². The molecule has 4 aromatic rings. The van der Waals surface area contributed by atoms with Crippen molar-refractivity contribution in [3.8, 4) is 0 Å². The molecule has 0 radical (unpaired) electrons. The molecule has 0 saturated carbocycles.